The molecule has 2 heterocycles. The van der Waals surface area contributed by atoms with E-state index in [2.05, 4.69) is 49.6 Å². The summed E-state index contributed by atoms with van der Waals surface area (Å²) in [5, 5.41) is 11.3. The molecule has 6 heteroatoms. The van der Waals surface area contributed by atoms with E-state index in [4.69, 9.17) is 0 Å². The molecular weight excluding hydrogens is 338 g/mol. The molecule has 0 atom stereocenters. The van der Waals surface area contributed by atoms with Crippen LogP contribution in [-0.4, -0.2) is 60.3 Å². The van der Waals surface area contributed by atoms with Crippen LogP contribution in [0.1, 0.15) is 24.8 Å². The van der Waals surface area contributed by atoms with Crippen LogP contribution < -0.4 is 10.2 Å². The Bertz CT molecular complexity index is 748. The van der Waals surface area contributed by atoms with E-state index in [1.807, 2.05) is 18.2 Å². The van der Waals surface area contributed by atoms with Crippen LogP contribution in [0.5, 0.6) is 0 Å². The van der Waals surface area contributed by atoms with E-state index in [-0.39, 0.29) is 11.3 Å². The third kappa shape index (κ3) is 4.45. The van der Waals surface area contributed by atoms with E-state index < -0.39 is 0 Å². The highest BCUT2D eigenvalue weighted by atomic mass is 16.2. The fraction of sp³-hybridized carbons (Fsp3) is 0.476. The van der Waals surface area contributed by atoms with Gasteiger partial charge in [0.1, 0.15) is 0 Å². The van der Waals surface area contributed by atoms with Crippen LogP contribution in [0.2, 0.25) is 0 Å². The van der Waals surface area contributed by atoms with Crippen LogP contribution in [0, 0.1) is 0 Å². The van der Waals surface area contributed by atoms with E-state index in [9.17, 15) is 4.79 Å². The third-order valence-corrected chi connectivity index (χ3v) is 5.70. The molecule has 1 aromatic carbocycles. The average molecular weight is 365 g/mol. The van der Waals surface area contributed by atoms with Crippen LogP contribution in [0.3, 0.4) is 0 Å². The summed E-state index contributed by atoms with van der Waals surface area (Å²) in [6, 6.07) is 14.5. The van der Waals surface area contributed by atoms with Crippen molar-refractivity contribution in [3.05, 3.63) is 54.2 Å². The molecule has 1 N–H and O–H groups in total. The van der Waals surface area contributed by atoms with Gasteiger partial charge in [-0.2, -0.15) is 5.10 Å². The molecule has 2 fully saturated rings. The summed E-state index contributed by atoms with van der Waals surface area (Å²) in [6.45, 7) is 4.85. The first-order valence-corrected chi connectivity index (χ1v) is 9.82. The second kappa shape index (κ2) is 8.05. The predicted octanol–water partition coefficient (Wildman–Crippen LogP) is 1.84. The number of benzene rings is 1. The fourth-order valence-corrected chi connectivity index (χ4v) is 3.86. The molecular formula is C21H27N5O. The van der Waals surface area contributed by atoms with Crippen molar-refractivity contribution in [1.82, 2.24) is 20.4 Å². The van der Waals surface area contributed by atoms with Gasteiger partial charge in [0, 0.05) is 44.3 Å². The Labute approximate surface area is 160 Å². The average Bonchev–Trinajstić information content (AvgIpc) is 3.53. The van der Waals surface area contributed by atoms with Gasteiger partial charge in [-0.15, -0.1) is 5.10 Å². The molecule has 2 aromatic rings. The lowest BCUT2D eigenvalue weighted by atomic mass is 9.96. The first kappa shape index (κ1) is 17.9. The van der Waals surface area contributed by atoms with Crippen molar-refractivity contribution in [3.63, 3.8) is 0 Å². The maximum absolute atomic E-state index is 12.5. The summed E-state index contributed by atoms with van der Waals surface area (Å²) in [4.78, 5) is 17.0. The zero-order valence-electron chi connectivity index (χ0n) is 15.7. The Balaban J connectivity index is 1.25. The molecule has 1 amide bonds. The molecule has 0 radical (unpaired) electrons. The number of hydrogen-bond donors (Lipinski definition) is 1. The minimum atomic E-state index is 0.130. The molecule has 2 aliphatic rings. The normalized spacial score (nSPS) is 19.3. The van der Waals surface area contributed by atoms with E-state index in [1.54, 1.807) is 6.20 Å². The molecule has 1 saturated heterocycles. The smallest absolute Gasteiger partial charge is 0.234 e. The summed E-state index contributed by atoms with van der Waals surface area (Å²) < 4.78 is 0. The van der Waals surface area contributed by atoms with Crippen molar-refractivity contribution >= 4 is 11.7 Å². The number of carbonyl (C=O) groups excluding carboxylic acids is 1. The lowest BCUT2D eigenvalue weighted by Crippen LogP contribution is -2.41. The van der Waals surface area contributed by atoms with Crippen molar-refractivity contribution < 1.29 is 4.79 Å². The molecule has 4 rings (SSSR count). The van der Waals surface area contributed by atoms with Gasteiger partial charge in [-0.1, -0.05) is 30.3 Å². The number of aromatic nitrogens is 2. The lowest BCUT2D eigenvalue weighted by molar-refractivity contribution is -0.122. The molecule has 27 heavy (non-hydrogen) atoms. The molecule has 1 aliphatic heterocycles. The Morgan fingerprint density at radius 1 is 1.04 bits per heavy atom. The summed E-state index contributed by atoms with van der Waals surface area (Å²) >= 11 is 0. The quantitative estimate of drug-likeness (QED) is 0.846. The predicted molar refractivity (Wildman–Crippen MR) is 106 cm³/mol. The van der Waals surface area contributed by atoms with Crippen LogP contribution in [-0.2, 0) is 10.2 Å². The van der Waals surface area contributed by atoms with Gasteiger partial charge in [-0.05, 0) is 37.0 Å². The highest BCUT2D eigenvalue weighted by Crippen LogP contribution is 2.47. The molecule has 1 aromatic heterocycles. The van der Waals surface area contributed by atoms with E-state index in [1.165, 1.54) is 5.56 Å². The molecule has 1 aliphatic carbocycles. The van der Waals surface area contributed by atoms with Gasteiger partial charge in [0.15, 0.2) is 5.82 Å². The maximum Gasteiger partial charge on any atom is 0.234 e. The molecule has 142 valence electrons. The summed E-state index contributed by atoms with van der Waals surface area (Å²) in [5.41, 5.74) is 1.51. The van der Waals surface area contributed by atoms with Gasteiger partial charge in [0.25, 0.3) is 0 Å². The van der Waals surface area contributed by atoms with Crippen LogP contribution >= 0.6 is 0 Å². The number of anilines is 1. The molecule has 0 spiro atoms. The zero-order chi connectivity index (χ0) is 18.5. The van der Waals surface area contributed by atoms with Gasteiger partial charge in [-0.25, -0.2) is 0 Å². The lowest BCUT2D eigenvalue weighted by Gasteiger charge is -2.22. The Kier molecular flexibility index (Phi) is 5.34. The number of hydrogen-bond acceptors (Lipinski definition) is 5. The van der Waals surface area contributed by atoms with Gasteiger partial charge in [-0.3, -0.25) is 9.69 Å². The van der Waals surface area contributed by atoms with Crippen molar-refractivity contribution in [3.8, 4) is 0 Å². The minimum Gasteiger partial charge on any atom is -0.354 e. The minimum absolute atomic E-state index is 0.130. The Hall–Kier alpha value is -2.47. The molecule has 6 nitrogen and oxygen atoms in total. The second-order valence-electron chi connectivity index (χ2n) is 7.62. The SMILES string of the molecule is O=C(CN1CCCN(c2cccnn2)CC1)NCC1(c2ccccc2)CC1. The third-order valence-electron chi connectivity index (χ3n) is 5.70. The van der Waals surface area contributed by atoms with Crippen molar-refractivity contribution in [2.45, 2.75) is 24.7 Å². The molecule has 1 saturated carbocycles. The van der Waals surface area contributed by atoms with Gasteiger partial charge in [0.2, 0.25) is 5.91 Å². The van der Waals surface area contributed by atoms with E-state index in [0.717, 1.165) is 57.8 Å². The number of carbonyl (C=O) groups is 1. The summed E-state index contributed by atoms with van der Waals surface area (Å²) in [7, 11) is 0. The van der Waals surface area contributed by atoms with Gasteiger partial charge in [0.05, 0.1) is 6.54 Å². The number of amides is 1. The van der Waals surface area contributed by atoms with E-state index in [0.29, 0.717) is 6.54 Å². The first-order chi connectivity index (χ1) is 13.3. The summed E-state index contributed by atoms with van der Waals surface area (Å²) in [5.74, 6) is 1.05. The Morgan fingerprint density at radius 2 is 1.89 bits per heavy atom. The van der Waals surface area contributed by atoms with Crippen molar-refractivity contribution in [2.24, 2.45) is 0 Å². The number of rotatable bonds is 6. The highest BCUT2D eigenvalue weighted by Gasteiger charge is 2.44. The Morgan fingerprint density at radius 3 is 2.63 bits per heavy atom. The molecule has 0 unspecified atom stereocenters. The van der Waals surface area contributed by atoms with Crippen LogP contribution in [0.15, 0.2) is 48.7 Å². The standard InChI is InChI=1S/C21H27N5O/c27-20(22-17-21(9-10-21)18-6-2-1-3-7-18)16-25-12-5-13-26(15-14-25)19-8-4-11-23-24-19/h1-4,6-8,11H,5,9-10,12-17H2,(H,22,27). The van der Waals surface area contributed by atoms with Gasteiger partial charge >= 0.3 is 0 Å². The fourth-order valence-electron chi connectivity index (χ4n) is 3.86. The number of nitrogens with zero attached hydrogens (tertiary/aromatic N) is 4. The molecule has 0 bridgehead atoms. The van der Waals surface area contributed by atoms with Crippen LogP contribution in [0.25, 0.3) is 0 Å². The highest BCUT2D eigenvalue weighted by molar-refractivity contribution is 5.78. The largest absolute Gasteiger partial charge is 0.354 e. The topological polar surface area (TPSA) is 61.4 Å². The van der Waals surface area contributed by atoms with Crippen LogP contribution in [0.4, 0.5) is 5.82 Å². The monoisotopic (exact) mass is 365 g/mol. The van der Waals surface area contributed by atoms with E-state index >= 15 is 0 Å². The maximum atomic E-state index is 12.5. The zero-order valence-corrected chi connectivity index (χ0v) is 15.7. The summed E-state index contributed by atoms with van der Waals surface area (Å²) in [6.07, 6.45) is 5.04. The first-order valence-electron chi connectivity index (χ1n) is 9.82. The van der Waals surface area contributed by atoms with Gasteiger partial charge < -0.3 is 10.2 Å². The van der Waals surface area contributed by atoms with Crippen molar-refractivity contribution in [2.75, 3.05) is 44.2 Å². The van der Waals surface area contributed by atoms with Crippen molar-refractivity contribution in [1.29, 1.82) is 0 Å². The second-order valence-corrected chi connectivity index (χ2v) is 7.62. The number of nitrogens with one attached hydrogen (secondary N) is 1.